The Morgan fingerprint density at radius 2 is 2.43 bits per heavy atom. The smallest absolute Gasteiger partial charge is 0.274 e. The lowest BCUT2D eigenvalue weighted by Crippen LogP contribution is -2.21. The third-order valence-corrected chi connectivity index (χ3v) is 2.58. The summed E-state index contributed by atoms with van der Waals surface area (Å²) in [5, 5.41) is 0. The van der Waals surface area contributed by atoms with Crippen LogP contribution >= 0.6 is 11.3 Å². The third-order valence-electron chi connectivity index (χ3n) is 1.79. The summed E-state index contributed by atoms with van der Waals surface area (Å²) in [5.74, 6) is -0.247. The van der Waals surface area contributed by atoms with Gasteiger partial charge in [0.25, 0.3) is 5.91 Å². The Hall–Kier alpha value is -1.46. The molecule has 1 N–H and O–H groups in total. The van der Waals surface area contributed by atoms with Gasteiger partial charge in [-0.3, -0.25) is 9.63 Å². The molecule has 0 aliphatic rings. The van der Waals surface area contributed by atoms with Crippen LogP contribution in [0, 0.1) is 0 Å². The van der Waals surface area contributed by atoms with Gasteiger partial charge in [0.05, 0.1) is 22.8 Å². The molecule has 0 unspecified atom stereocenters. The molecule has 2 aromatic rings. The van der Waals surface area contributed by atoms with Crippen LogP contribution in [0.1, 0.15) is 10.4 Å². The molecule has 0 fully saturated rings. The number of aromatic nitrogens is 1. The summed E-state index contributed by atoms with van der Waals surface area (Å²) < 4.78 is 0.994. The summed E-state index contributed by atoms with van der Waals surface area (Å²) in [5.41, 5.74) is 5.50. The molecule has 4 nitrogen and oxygen atoms in total. The maximum atomic E-state index is 11.4. The summed E-state index contributed by atoms with van der Waals surface area (Å²) in [4.78, 5) is 20.0. The molecule has 0 aliphatic heterocycles. The van der Waals surface area contributed by atoms with Crippen LogP contribution in [-0.4, -0.2) is 18.0 Å². The molecule has 0 saturated carbocycles. The standard InChI is InChI=1S/C9H8N2O2S/c1-13-11-9(12)6-2-3-7-8(4-6)14-5-10-7/h2-5H,1H3,(H,11,12). The second kappa shape index (κ2) is 3.73. The van der Waals surface area contributed by atoms with Crippen molar-refractivity contribution >= 4 is 27.5 Å². The van der Waals surface area contributed by atoms with Crippen LogP contribution in [0.3, 0.4) is 0 Å². The highest BCUT2D eigenvalue weighted by Gasteiger charge is 2.06. The molecule has 14 heavy (non-hydrogen) atoms. The van der Waals surface area contributed by atoms with E-state index in [1.165, 1.54) is 18.4 Å². The Labute approximate surface area is 84.5 Å². The number of hydrogen-bond donors (Lipinski definition) is 1. The number of hydroxylamine groups is 1. The molecule has 2 rings (SSSR count). The topological polar surface area (TPSA) is 51.2 Å². The molecule has 1 amide bonds. The number of nitrogens with zero attached hydrogens (tertiary/aromatic N) is 1. The van der Waals surface area contributed by atoms with Crippen LogP contribution in [0.2, 0.25) is 0 Å². The van der Waals surface area contributed by atoms with Gasteiger partial charge in [-0.2, -0.15) is 0 Å². The molecule has 0 aliphatic carbocycles. The van der Waals surface area contributed by atoms with Gasteiger partial charge in [0, 0.05) is 5.56 Å². The Morgan fingerprint density at radius 3 is 3.21 bits per heavy atom. The SMILES string of the molecule is CONC(=O)c1ccc2ncsc2c1. The molecule has 1 aromatic carbocycles. The molecule has 0 spiro atoms. The summed E-state index contributed by atoms with van der Waals surface area (Å²) in [6.45, 7) is 0. The van der Waals surface area contributed by atoms with Crippen LogP contribution in [0.4, 0.5) is 0 Å². The van der Waals surface area contributed by atoms with E-state index in [1.54, 1.807) is 17.6 Å². The molecule has 0 saturated heterocycles. The quantitative estimate of drug-likeness (QED) is 0.762. The van der Waals surface area contributed by atoms with Crippen LogP contribution in [0.15, 0.2) is 23.7 Å². The predicted octanol–water partition coefficient (Wildman–Crippen LogP) is 1.59. The minimum atomic E-state index is -0.247. The number of benzene rings is 1. The summed E-state index contributed by atoms with van der Waals surface area (Å²) in [6, 6.07) is 5.33. The number of hydrogen-bond acceptors (Lipinski definition) is 4. The number of thiazole rings is 1. The van der Waals surface area contributed by atoms with Crippen molar-refractivity contribution in [2.45, 2.75) is 0 Å². The van der Waals surface area contributed by atoms with E-state index < -0.39 is 0 Å². The fourth-order valence-electron chi connectivity index (χ4n) is 1.15. The first-order valence-corrected chi connectivity index (χ1v) is 4.86. The first kappa shape index (κ1) is 9.11. The number of nitrogens with one attached hydrogen (secondary N) is 1. The average molecular weight is 208 g/mol. The minimum absolute atomic E-state index is 0.247. The largest absolute Gasteiger partial charge is 0.277 e. The van der Waals surface area contributed by atoms with Gasteiger partial charge in [0.1, 0.15) is 0 Å². The van der Waals surface area contributed by atoms with Crippen LogP contribution in [-0.2, 0) is 4.84 Å². The van der Waals surface area contributed by atoms with Crippen LogP contribution in [0.25, 0.3) is 10.2 Å². The lowest BCUT2D eigenvalue weighted by Gasteiger charge is -2.00. The van der Waals surface area contributed by atoms with E-state index in [0.717, 1.165) is 10.2 Å². The van der Waals surface area contributed by atoms with E-state index in [-0.39, 0.29) is 5.91 Å². The van der Waals surface area contributed by atoms with Gasteiger partial charge >= 0.3 is 0 Å². The molecule has 1 heterocycles. The van der Waals surface area contributed by atoms with Gasteiger partial charge < -0.3 is 0 Å². The van der Waals surface area contributed by atoms with E-state index in [0.29, 0.717) is 5.56 Å². The van der Waals surface area contributed by atoms with Crippen molar-refractivity contribution in [3.05, 3.63) is 29.3 Å². The Morgan fingerprint density at radius 1 is 1.57 bits per heavy atom. The number of rotatable bonds is 2. The normalized spacial score (nSPS) is 10.4. The van der Waals surface area contributed by atoms with Crippen molar-refractivity contribution in [1.29, 1.82) is 0 Å². The average Bonchev–Trinajstić information content (AvgIpc) is 2.64. The van der Waals surface area contributed by atoms with E-state index in [2.05, 4.69) is 15.3 Å². The Kier molecular flexibility index (Phi) is 2.43. The van der Waals surface area contributed by atoms with Gasteiger partial charge in [0.2, 0.25) is 0 Å². The molecular formula is C9H8N2O2S. The summed E-state index contributed by atoms with van der Waals surface area (Å²) >= 11 is 1.51. The predicted molar refractivity (Wildman–Crippen MR) is 54.1 cm³/mol. The molecule has 0 radical (unpaired) electrons. The van der Waals surface area contributed by atoms with Crippen molar-refractivity contribution in [2.75, 3.05) is 7.11 Å². The lowest BCUT2D eigenvalue weighted by molar-refractivity contribution is 0.0538. The second-order valence-electron chi connectivity index (χ2n) is 2.67. The number of carbonyl (C=O) groups excluding carboxylic acids is 1. The van der Waals surface area contributed by atoms with Crippen LogP contribution < -0.4 is 5.48 Å². The van der Waals surface area contributed by atoms with Gasteiger partial charge in [0.15, 0.2) is 0 Å². The van der Waals surface area contributed by atoms with Crippen molar-refractivity contribution < 1.29 is 9.63 Å². The molecule has 72 valence electrons. The fourth-order valence-corrected chi connectivity index (χ4v) is 1.86. The molecule has 0 atom stereocenters. The van der Waals surface area contributed by atoms with Gasteiger partial charge in [-0.15, -0.1) is 11.3 Å². The lowest BCUT2D eigenvalue weighted by atomic mass is 10.2. The Bertz CT molecular complexity index is 467. The minimum Gasteiger partial charge on any atom is -0.277 e. The first-order valence-electron chi connectivity index (χ1n) is 3.98. The maximum Gasteiger partial charge on any atom is 0.274 e. The maximum absolute atomic E-state index is 11.4. The second-order valence-corrected chi connectivity index (χ2v) is 3.56. The van der Waals surface area contributed by atoms with E-state index in [9.17, 15) is 4.79 Å². The Balaban J connectivity index is 2.38. The molecule has 5 heteroatoms. The van der Waals surface area contributed by atoms with Crippen molar-refractivity contribution in [2.24, 2.45) is 0 Å². The van der Waals surface area contributed by atoms with Gasteiger partial charge in [-0.1, -0.05) is 0 Å². The van der Waals surface area contributed by atoms with E-state index in [4.69, 9.17) is 0 Å². The van der Waals surface area contributed by atoms with Crippen molar-refractivity contribution in [1.82, 2.24) is 10.5 Å². The highest BCUT2D eigenvalue weighted by Crippen LogP contribution is 2.18. The first-order chi connectivity index (χ1) is 6.81. The third kappa shape index (κ3) is 1.59. The highest BCUT2D eigenvalue weighted by atomic mass is 32.1. The van der Waals surface area contributed by atoms with E-state index in [1.807, 2.05) is 6.07 Å². The zero-order valence-electron chi connectivity index (χ0n) is 7.48. The van der Waals surface area contributed by atoms with Crippen molar-refractivity contribution in [3.63, 3.8) is 0 Å². The molecule has 0 bridgehead atoms. The zero-order chi connectivity index (χ0) is 9.97. The number of amides is 1. The monoisotopic (exact) mass is 208 g/mol. The highest BCUT2D eigenvalue weighted by molar-refractivity contribution is 7.16. The zero-order valence-corrected chi connectivity index (χ0v) is 8.30. The summed E-state index contributed by atoms with van der Waals surface area (Å²) in [6.07, 6.45) is 0. The van der Waals surface area contributed by atoms with Gasteiger partial charge in [-0.05, 0) is 18.2 Å². The number of fused-ring (bicyclic) bond motifs is 1. The van der Waals surface area contributed by atoms with Crippen LogP contribution in [0.5, 0.6) is 0 Å². The molecular weight excluding hydrogens is 200 g/mol. The fraction of sp³-hybridized carbons (Fsp3) is 0.111. The molecule has 1 aromatic heterocycles. The summed E-state index contributed by atoms with van der Waals surface area (Å²) in [7, 11) is 1.41. The van der Waals surface area contributed by atoms with E-state index >= 15 is 0 Å². The van der Waals surface area contributed by atoms with Crippen molar-refractivity contribution in [3.8, 4) is 0 Å². The van der Waals surface area contributed by atoms with Gasteiger partial charge in [-0.25, -0.2) is 10.5 Å². The number of carbonyl (C=O) groups is 1.